The van der Waals surface area contributed by atoms with Crippen molar-refractivity contribution in [3.8, 4) is 5.75 Å². The number of nitrogens with two attached hydrogens (primary N) is 1. The normalized spacial score (nSPS) is 14.3. The van der Waals surface area contributed by atoms with E-state index >= 15 is 0 Å². The molecule has 4 N–H and O–H groups in total. The fraction of sp³-hybridized carbons (Fsp3) is 0.448. The van der Waals surface area contributed by atoms with Crippen LogP contribution in [0.4, 0.5) is 5.95 Å². The number of allylic oxidation sites excluding steroid dienone is 1. The van der Waals surface area contributed by atoms with Crippen molar-refractivity contribution in [3.05, 3.63) is 60.5 Å². The molecule has 0 bridgehead atoms. The first-order valence-corrected chi connectivity index (χ1v) is 13.6. The highest BCUT2D eigenvalue weighted by molar-refractivity contribution is 5.89. The molecule has 1 aliphatic rings. The van der Waals surface area contributed by atoms with Crippen molar-refractivity contribution in [2.24, 2.45) is 5.73 Å². The molecule has 1 fully saturated rings. The van der Waals surface area contributed by atoms with Crippen LogP contribution in [0.3, 0.4) is 0 Å². The second-order valence-corrected chi connectivity index (χ2v) is 9.69. The van der Waals surface area contributed by atoms with Crippen molar-refractivity contribution in [3.63, 3.8) is 0 Å². The summed E-state index contributed by atoms with van der Waals surface area (Å²) in [4.78, 5) is 7.37. The number of anilines is 1. The number of likely N-dealkylation sites (N-methyl/N-ethyl adjacent to an activating group) is 1. The van der Waals surface area contributed by atoms with E-state index in [1.54, 1.807) is 0 Å². The number of rotatable bonds is 14. The first-order chi connectivity index (χ1) is 18.9. The van der Waals surface area contributed by atoms with Crippen LogP contribution in [0.15, 0.2) is 43.5 Å². The summed E-state index contributed by atoms with van der Waals surface area (Å²) >= 11 is 0. The second-order valence-electron chi connectivity index (χ2n) is 9.69. The molecular formula is C29H42N8O2. The number of fused-ring (bicyclic) bond motifs is 1. The van der Waals surface area contributed by atoms with Gasteiger partial charge in [0.2, 0.25) is 5.95 Å². The Labute approximate surface area is 231 Å². The molecule has 1 aromatic carbocycles. The zero-order valence-electron chi connectivity index (χ0n) is 23.5. The molecule has 39 heavy (non-hydrogen) atoms. The third-order valence-electron chi connectivity index (χ3n) is 6.71. The van der Waals surface area contributed by atoms with Crippen LogP contribution in [0.5, 0.6) is 5.75 Å². The monoisotopic (exact) mass is 534 g/mol. The highest BCUT2D eigenvalue weighted by Gasteiger charge is 2.19. The number of aromatic nitrogens is 4. The summed E-state index contributed by atoms with van der Waals surface area (Å²) in [6.07, 6.45) is 5.12. The number of imidazole rings is 1. The van der Waals surface area contributed by atoms with Gasteiger partial charge in [-0.1, -0.05) is 25.3 Å². The molecule has 0 saturated carbocycles. The maximum atomic E-state index is 6.40. The predicted octanol–water partition coefficient (Wildman–Crippen LogP) is 3.45. The van der Waals surface area contributed by atoms with Gasteiger partial charge in [0.15, 0.2) is 0 Å². The number of nitrogens with zero attached hydrogens (tertiary/aromatic N) is 5. The Hall–Kier alpha value is -3.60. The molecule has 0 spiro atoms. The van der Waals surface area contributed by atoms with Crippen LogP contribution in [0.25, 0.3) is 22.4 Å². The summed E-state index contributed by atoms with van der Waals surface area (Å²) < 4.78 is 15.9. The fourth-order valence-corrected chi connectivity index (χ4v) is 4.70. The van der Waals surface area contributed by atoms with Crippen molar-refractivity contribution in [1.29, 1.82) is 0 Å². The molecule has 4 rings (SSSR count). The van der Waals surface area contributed by atoms with E-state index in [9.17, 15) is 0 Å². The zero-order chi connectivity index (χ0) is 27.8. The van der Waals surface area contributed by atoms with Gasteiger partial charge in [-0.05, 0) is 45.5 Å². The molecule has 3 heterocycles. The maximum absolute atomic E-state index is 6.40. The molecule has 0 unspecified atom stereocenters. The van der Waals surface area contributed by atoms with Gasteiger partial charge in [0.25, 0.3) is 0 Å². The molecule has 2 aromatic heterocycles. The van der Waals surface area contributed by atoms with Gasteiger partial charge in [0.1, 0.15) is 11.3 Å². The smallest absolute Gasteiger partial charge is 0.208 e. The van der Waals surface area contributed by atoms with E-state index in [4.69, 9.17) is 20.2 Å². The van der Waals surface area contributed by atoms with Crippen molar-refractivity contribution < 1.29 is 9.47 Å². The van der Waals surface area contributed by atoms with E-state index in [1.807, 2.05) is 36.9 Å². The summed E-state index contributed by atoms with van der Waals surface area (Å²) in [6, 6.07) is 5.95. The lowest BCUT2D eigenvalue weighted by atomic mass is 10.1. The summed E-state index contributed by atoms with van der Waals surface area (Å²) in [6.45, 7) is 19.5. The van der Waals surface area contributed by atoms with E-state index < -0.39 is 0 Å². The van der Waals surface area contributed by atoms with E-state index in [-0.39, 0.29) is 0 Å². The molecular weight excluding hydrogens is 492 g/mol. The van der Waals surface area contributed by atoms with Crippen LogP contribution in [0.2, 0.25) is 0 Å². The minimum Gasteiger partial charge on any atom is -0.491 e. The maximum Gasteiger partial charge on any atom is 0.208 e. The quantitative estimate of drug-likeness (QED) is 0.213. The highest BCUT2D eigenvalue weighted by Crippen LogP contribution is 2.33. The lowest BCUT2D eigenvalue weighted by molar-refractivity contribution is 0.0358. The number of ether oxygens (including phenoxy) is 2. The molecule has 0 atom stereocenters. The van der Waals surface area contributed by atoms with Gasteiger partial charge in [-0.25, -0.2) is 4.98 Å². The van der Waals surface area contributed by atoms with Gasteiger partial charge in [-0.3, -0.25) is 9.58 Å². The average Bonchev–Trinajstić information content (AvgIpc) is 3.49. The lowest BCUT2D eigenvalue weighted by Gasteiger charge is -2.26. The summed E-state index contributed by atoms with van der Waals surface area (Å²) in [7, 11) is 1.93. The average molecular weight is 535 g/mol. The topological polar surface area (TPSA) is 107 Å². The highest BCUT2D eigenvalue weighted by atomic mass is 16.5. The minimum absolute atomic E-state index is 0.472. The largest absolute Gasteiger partial charge is 0.491 e. The Kier molecular flexibility index (Phi) is 9.80. The van der Waals surface area contributed by atoms with E-state index in [1.165, 1.54) is 0 Å². The summed E-state index contributed by atoms with van der Waals surface area (Å²) in [5.41, 5.74) is 11.7. The number of aryl methyl sites for hydroxylation is 2. The Bertz CT molecular complexity index is 1320. The number of benzene rings is 1. The number of morpholine rings is 1. The minimum atomic E-state index is 0.472. The molecule has 3 aromatic rings. The van der Waals surface area contributed by atoms with Crippen molar-refractivity contribution in [2.45, 2.75) is 33.4 Å². The summed E-state index contributed by atoms with van der Waals surface area (Å²) in [5, 5.41) is 11.2. The summed E-state index contributed by atoms with van der Waals surface area (Å²) in [5.74, 6) is 1.40. The van der Waals surface area contributed by atoms with Gasteiger partial charge in [0, 0.05) is 50.5 Å². The zero-order valence-corrected chi connectivity index (χ0v) is 23.5. The lowest BCUT2D eigenvalue weighted by Crippen LogP contribution is -2.37. The Morgan fingerprint density at radius 2 is 2.00 bits per heavy atom. The van der Waals surface area contributed by atoms with Gasteiger partial charge >= 0.3 is 0 Å². The molecule has 210 valence electrons. The molecule has 0 radical (unpaired) electrons. The third kappa shape index (κ3) is 7.08. The van der Waals surface area contributed by atoms with Crippen molar-refractivity contribution >= 4 is 28.4 Å². The van der Waals surface area contributed by atoms with Crippen LogP contribution >= 0.6 is 0 Å². The molecule has 0 aliphatic carbocycles. The first kappa shape index (κ1) is 28.4. The van der Waals surface area contributed by atoms with Gasteiger partial charge in [-0.2, -0.15) is 5.10 Å². The van der Waals surface area contributed by atoms with E-state index in [2.05, 4.69) is 57.4 Å². The van der Waals surface area contributed by atoms with Crippen molar-refractivity contribution in [2.75, 3.05) is 58.4 Å². The van der Waals surface area contributed by atoms with Crippen molar-refractivity contribution in [1.82, 2.24) is 29.5 Å². The van der Waals surface area contributed by atoms with E-state index in [0.717, 1.165) is 91.8 Å². The standard InChI is InChI=1S/C29H42N8O2/c1-6-37-26(18-21(2)34-37)23(4)32-29-33-25-19-24(22(3)30)20-27(28(25)36(29)12-8-7-10-31-5)39-15-9-11-35-13-16-38-17-14-35/h7-8,18-20,31H,3-4,6,9-17,30H2,1-2,5H3,(H,32,33)/b8-7+. The first-order valence-electron chi connectivity index (χ1n) is 13.6. The molecule has 10 heteroatoms. The fourth-order valence-electron chi connectivity index (χ4n) is 4.70. The van der Waals surface area contributed by atoms with Crippen LogP contribution < -0.4 is 21.1 Å². The van der Waals surface area contributed by atoms with Crippen LogP contribution in [0.1, 0.15) is 30.3 Å². The number of nitrogens with one attached hydrogen (secondary N) is 2. The Morgan fingerprint density at radius 3 is 2.72 bits per heavy atom. The third-order valence-corrected chi connectivity index (χ3v) is 6.71. The number of hydrogen-bond donors (Lipinski definition) is 3. The molecule has 0 amide bonds. The van der Waals surface area contributed by atoms with Gasteiger partial charge in [-0.15, -0.1) is 0 Å². The Balaban J connectivity index is 1.66. The SMILES string of the molecule is C=C(N)c1cc(OCCCN2CCOCC2)c2c(c1)nc(NC(=C)c1cc(C)nn1CC)n2C/C=C/CNC. The molecule has 1 saturated heterocycles. The van der Waals surface area contributed by atoms with Crippen LogP contribution in [-0.2, 0) is 17.8 Å². The van der Waals surface area contributed by atoms with E-state index in [0.29, 0.717) is 24.8 Å². The molecule has 10 nitrogen and oxygen atoms in total. The van der Waals surface area contributed by atoms with Crippen LogP contribution in [-0.4, -0.2) is 77.3 Å². The molecule has 1 aliphatic heterocycles. The Morgan fingerprint density at radius 1 is 1.21 bits per heavy atom. The second kappa shape index (κ2) is 13.5. The van der Waals surface area contributed by atoms with Gasteiger partial charge in [0.05, 0.1) is 42.4 Å². The van der Waals surface area contributed by atoms with Gasteiger partial charge < -0.3 is 30.4 Å². The number of hydrogen-bond acceptors (Lipinski definition) is 8. The van der Waals surface area contributed by atoms with Crippen LogP contribution in [0, 0.1) is 6.92 Å². The predicted molar refractivity (Wildman–Crippen MR) is 159 cm³/mol.